The van der Waals surface area contributed by atoms with Crippen molar-refractivity contribution in [2.75, 3.05) is 14.2 Å². The summed E-state index contributed by atoms with van der Waals surface area (Å²) in [7, 11) is 2.49. The first-order valence-corrected chi connectivity index (χ1v) is 10.3. The molecular weight excluding hydrogens is 424 g/mol. The highest BCUT2D eigenvalue weighted by atomic mass is 16.5. The van der Waals surface area contributed by atoms with E-state index in [1.165, 1.54) is 25.8 Å². The van der Waals surface area contributed by atoms with Crippen LogP contribution in [0.15, 0.2) is 36.4 Å². The normalized spacial score (nSPS) is 10.6. The summed E-state index contributed by atoms with van der Waals surface area (Å²) in [4.78, 5) is 37.1. The van der Waals surface area contributed by atoms with Gasteiger partial charge in [0.2, 0.25) is 0 Å². The number of carbonyl (C=O) groups excluding carboxylic acids is 3. The summed E-state index contributed by atoms with van der Waals surface area (Å²) in [5.41, 5.74) is 4.85. The summed E-state index contributed by atoms with van der Waals surface area (Å²) in [5.74, 6) is -1.83. The molecule has 1 heterocycles. The van der Waals surface area contributed by atoms with Crippen LogP contribution in [0.1, 0.15) is 50.0 Å². The van der Waals surface area contributed by atoms with Crippen LogP contribution in [0.25, 0.3) is 16.9 Å². The van der Waals surface area contributed by atoms with Gasteiger partial charge in [-0.05, 0) is 55.2 Å². The summed E-state index contributed by atoms with van der Waals surface area (Å²) in [6.07, 6.45) is 0. The van der Waals surface area contributed by atoms with Gasteiger partial charge in [0.05, 0.1) is 19.9 Å². The van der Waals surface area contributed by atoms with Crippen LogP contribution in [0.3, 0.4) is 0 Å². The first-order valence-electron chi connectivity index (χ1n) is 10.3. The molecule has 3 rings (SSSR count). The summed E-state index contributed by atoms with van der Waals surface area (Å²) >= 11 is 0. The van der Waals surface area contributed by atoms with Crippen molar-refractivity contribution in [3.05, 3.63) is 69.9 Å². The molecule has 2 aromatic carbocycles. The lowest BCUT2D eigenvalue weighted by atomic mass is 9.90. The molecule has 0 fully saturated rings. The van der Waals surface area contributed by atoms with Gasteiger partial charge < -0.3 is 14.2 Å². The SMILES string of the molecule is COC(=O)c1c(-c2c(C)cc(C)c(COC(C)=O)c2C)nn(-c2ccccc2)c1C(=O)OC. The molecule has 0 aliphatic rings. The van der Waals surface area contributed by atoms with Gasteiger partial charge in [0, 0.05) is 12.5 Å². The molecular formula is C25H26N2O6. The Morgan fingerprint density at radius 3 is 2.15 bits per heavy atom. The van der Waals surface area contributed by atoms with Gasteiger partial charge in [-0.25, -0.2) is 14.3 Å². The van der Waals surface area contributed by atoms with Gasteiger partial charge in [0.25, 0.3) is 0 Å². The lowest BCUT2D eigenvalue weighted by molar-refractivity contribution is -0.142. The van der Waals surface area contributed by atoms with Crippen LogP contribution >= 0.6 is 0 Å². The minimum atomic E-state index is -0.722. The second-order valence-electron chi connectivity index (χ2n) is 7.57. The molecule has 0 N–H and O–H groups in total. The van der Waals surface area contributed by atoms with Gasteiger partial charge in [-0.1, -0.05) is 24.3 Å². The highest BCUT2D eigenvalue weighted by molar-refractivity contribution is 6.07. The van der Waals surface area contributed by atoms with E-state index >= 15 is 0 Å². The van der Waals surface area contributed by atoms with E-state index in [0.29, 0.717) is 11.3 Å². The number of para-hydroxylation sites is 1. The van der Waals surface area contributed by atoms with Crippen LogP contribution in [0.2, 0.25) is 0 Å². The van der Waals surface area contributed by atoms with Crippen LogP contribution in [0, 0.1) is 20.8 Å². The number of benzene rings is 2. The molecule has 8 nitrogen and oxygen atoms in total. The van der Waals surface area contributed by atoms with Crippen molar-refractivity contribution < 1.29 is 28.6 Å². The highest BCUT2D eigenvalue weighted by Gasteiger charge is 2.33. The Hall–Kier alpha value is -3.94. The Morgan fingerprint density at radius 2 is 1.58 bits per heavy atom. The minimum Gasteiger partial charge on any atom is -0.465 e. The minimum absolute atomic E-state index is 0.00157. The first-order chi connectivity index (χ1) is 15.7. The Labute approximate surface area is 192 Å². The number of methoxy groups -OCH3 is 2. The van der Waals surface area contributed by atoms with Crippen molar-refractivity contribution in [1.82, 2.24) is 9.78 Å². The van der Waals surface area contributed by atoms with Gasteiger partial charge in [0.1, 0.15) is 17.9 Å². The number of hydrogen-bond acceptors (Lipinski definition) is 7. The molecule has 1 aromatic heterocycles. The van der Waals surface area contributed by atoms with Crippen LogP contribution in [-0.2, 0) is 25.6 Å². The molecule has 0 aliphatic heterocycles. The predicted octanol–water partition coefficient (Wildman–Crippen LogP) is 4.10. The maximum Gasteiger partial charge on any atom is 0.357 e. The van der Waals surface area contributed by atoms with Crippen molar-refractivity contribution >= 4 is 17.9 Å². The zero-order valence-corrected chi connectivity index (χ0v) is 19.5. The van der Waals surface area contributed by atoms with Gasteiger partial charge in [-0.2, -0.15) is 5.10 Å². The quantitative estimate of drug-likeness (QED) is 0.412. The van der Waals surface area contributed by atoms with Crippen molar-refractivity contribution in [1.29, 1.82) is 0 Å². The number of ether oxygens (including phenoxy) is 3. The molecule has 0 radical (unpaired) electrons. The van der Waals surface area contributed by atoms with Crippen LogP contribution < -0.4 is 0 Å². The number of nitrogens with zero attached hydrogens (tertiary/aromatic N) is 2. The zero-order valence-electron chi connectivity index (χ0n) is 19.5. The van der Waals surface area contributed by atoms with Gasteiger partial charge in [0.15, 0.2) is 5.69 Å². The predicted molar refractivity (Wildman–Crippen MR) is 121 cm³/mol. The monoisotopic (exact) mass is 450 g/mol. The van der Waals surface area contributed by atoms with E-state index in [-0.39, 0.29) is 23.6 Å². The van der Waals surface area contributed by atoms with Crippen molar-refractivity contribution in [3.63, 3.8) is 0 Å². The van der Waals surface area contributed by atoms with E-state index in [4.69, 9.17) is 14.2 Å². The average molecular weight is 450 g/mol. The number of esters is 3. The lowest BCUT2D eigenvalue weighted by Crippen LogP contribution is -2.15. The van der Waals surface area contributed by atoms with Gasteiger partial charge in [-0.15, -0.1) is 0 Å². The molecule has 0 amide bonds. The average Bonchev–Trinajstić information content (AvgIpc) is 3.18. The second kappa shape index (κ2) is 9.68. The molecule has 0 saturated heterocycles. The number of rotatable bonds is 6. The fourth-order valence-corrected chi connectivity index (χ4v) is 3.92. The topological polar surface area (TPSA) is 96.7 Å². The molecule has 0 spiro atoms. The second-order valence-corrected chi connectivity index (χ2v) is 7.57. The Balaban J connectivity index is 2.39. The molecule has 0 saturated carbocycles. The highest BCUT2D eigenvalue weighted by Crippen LogP contribution is 2.36. The lowest BCUT2D eigenvalue weighted by Gasteiger charge is -2.17. The maximum atomic E-state index is 12.9. The molecule has 0 bridgehead atoms. The van der Waals surface area contributed by atoms with Crippen LogP contribution in [0.5, 0.6) is 0 Å². The number of aryl methyl sites for hydroxylation is 2. The number of carbonyl (C=O) groups is 3. The molecule has 0 unspecified atom stereocenters. The summed E-state index contributed by atoms with van der Waals surface area (Å²) in [6, 6.07) is 10.9. The van der Waals surface area contributed by atoms with Gasteiger partial charge in [-0.3, -0.25) is 4.79 Å². The summed E-state index contributed by atoms with van der Waals surface area (Å²) in [6.45, 7) is 7.11. The van der Waals surface area contributed by atoms with Crippen molar-refractivity contribution in [2.24, 2.45) is 0 Å². The Kier molecular flexibility index (Phi) is 6.96. The first kappa shape index (κ1) is 23.7. The Bertz CT molecular complexity index is 1230. The molecule has 33 heavy (non-hydrogen) atoms. The van der Waals surface area contributed by atoms with E-state index < -0.39 is 17.9 Å². The summed E-state index contributed by atoms with van der Waals surface area (Å²) in [5, 5.41) is 4.68. The fourth-order valence-electron chi connectivity index (χ4n) is 3.92. The summed E-state index contributed by atoms with van der Waals surface area (Å²) < 4.78 is 16.6. The van der Waals surface area contributed by atoms with Crippen molar-refractivity contribution in [3.8, 4) is 16.9 Å². The van der Waals surface area contributed by atoms with E-state index in [1.54, 1.807) is 24.3 Å². The van der Waals surface area contributed by atoms with Gasteiger partial charge >= 0.3 is 17.9 Å². The largest absolute Gasteiger partial charge is 0.465 e. The molecule has 0 atom stereocenters. The molecule has 3 aromatic rings. The molecule has 172 valence electrons. The maximum absolute atomic E-state index is 12.9. The van der Waals surface area contributed by atoms with E-state index in [9.17, 15) is 14.4 Å². The van der Waals surface area contributed by atoms with Crippen LogP contribution in [-0.4, -0.2) is 41.9 Å². The van der Waals surface area contributed by atoms with E-state index in [0.717, 1.165) is 22.3 Å². The molecule has 0 aliphatic carbocycles. The third-order valence-electron chi connectivity index (χ3n) is 5.44. The zero-order chi connectivity index (χ0) is 24.3. The third-order valence-corrected chi connectivity index (χ3v) is 5.44. The van der Waals surface area contributed by atoms with E-state index in [2.05, 4.69) is 5.10 Å². The number of aromatic nitrogens is 2. The van der Waals surface area contributed by atoms with Crippen molar-refractivity contribution in [2.45, 2.75) is 34.3 Å². The smallest absolute Gasteiger partial charge is 0.357 e. The molecule has 8 heteroatoms. The third kappa shape index (κ3) is 4.50. The fraction of sp³-hybridized carbons (Fsp3) is 0.280. The van der Waals surface area contributed by atoms with Crippen LogP contribution in [0.4, 0.5) is 0 Å². The Morgan fingerprint density at radius 1 is 0.939 bits per heavy atom. The number of hydrogen-bond donors (Lipinski definition) is 0. The standard InChI is InChI=1S/C25H26N2O6/c1-14-12-15(2)20(16(3)19(14)13-33-17(4)28)22-21(24(29)31-5)23(25(30)32-6)27(26-22)18-10-8-7-9-11-18/h7-12H,13H2,1-6H3. The van der Waals surface area contributed by atoms with E-state index in [1.807, 2.05) is 32.9 Å².